The van der Waals surface area contributed by atoms with Crippen molar-refractivity contribution < 1.29 is 9.84 Å². The van der Waals surface area contributed by atoms with Crippen LogP contribution in [-0.4, -0.2) is 48.0 Å². The molecule has 2 aliphatic rings. The van der Waals surface area contributed by atoms with Gasteiger partial charge in [-0.3, -0.25) is 0 Å². The van der Waals surface area contributed by atoms with Crippen LogP contribution in [-0.2, 0) is 4.74 Å². The zero-order valence-electron chi connectivity index (χ0n) is 11.4. The minimum Gasteiger partial charge on any atom is -0.389 e. The van der Waals surface area contributed by atoms with E-state index in [4.69, 9.17) is 4.74 Å². The molecule has 0 amide bonds. The molecule has 2 rings (SSSR count). The van der Waals surface area contributed by atoms with Crippen molar-refractivity contribution in [2.75, 3.05) is 24.7 Å². The molecule has 2 unspecified atom stereocenters. The summed E-state index contributed by atoms with van der Waals surface area (Å²) < 4.78 is 5.81. The Bertz CT molecular complexity index is 226. The molecule has 0 aromatic heterocycles. The van der Waals surface area contributed by atoms with E-state index in [1.165, 1.54) is 43.6 Å². The fourth-order valence-electron chi connectivity index (χ4n) is 2.70. The summed E-state index contributed by atoms with van der Waals surface area (Å²) in [4.78, 5) is 0. The van der Waals surface area contributed by atoms with Crippen LogP contribution in [0.2, 0.25) is 0 Å². The van der Waals surface area contributed by atoms with Gasteiger partial charge in [-0.1, -0.05) is 6.92 Å². The van der Waals surface area contributed by atoms with Gasteiger partial charge in [0.2, 0.25) is 0 Å². The van der Waals surface area contributed by atoms with E-state index in [2.05, 4.69) is 12.2 Å². The molecule has 1 aliphatic carbocycles. The van der Waals surface area contributed by atoms with Crippen LogP contribution in [0.25, 0.3) is 0 Å². The van der Waals surface area contributed by atoms with Crippen LogP contribution in [0.1, 0.15) is 39.0 Å². The van der Waals surface area contributed by atoms with Gasteiger partial charge in [-0.05, 0) is 43.8 Å². The fourth-order valence-corrected chi connectivity index (χ4v) is 3.89. The van der Waals surface area contributed by atoms with Crippen molar-refractivity contribution >= 4 is 11.8 Å². The number of thioether (sulfide) groups is 1. The minimum atomic E-state index is -0.352. The average Bonchev–Trinajstić information content (AvgIpc) is 2.89. The fraction of sp³-hybridized carbons (Fsp3) is 1.00. The maximum Gasteiger partial charge on any atom is 0.0897 e. The van der Waals surface area contributed by atoms with E-state index in [1.807, 2.05) is 11.8 Å². The highest BCUT2D eigenvalue weighted by atomic mass is 32.2. The van der Waals surface area contributed by atoms with Crippen LogP contribution in [0, 0.1) is 5.92 Å². The molecule has 2 fully saturated rings. The number of ether oxygens (including phenoxy) is 1. The number of hydrogen-bond acceptors (Lipinski definition) is 4. The van der Waals surface area contributed by atoms with Crippen molar-refractivity contribution in [1.29, 1.82) is 0 Å². The highest BCUT2D eigenvalue weighted by Gasteiger charge is 2.20. The van der Waals surface area contributed by atoms with E-state index in [9.17, 15) is 5.11 Å². The van der Waals surface area contributed by atoms with Crippen LogP contribution >= 0.6 is 11.8 Å². The predicted octanol–water partition coefficient (Wildman–Crippen LogP) is 2.04. The summed E-state index contributed by atoms with van der Waals surface area (Å²) in [6.07, 6.45) is 6.16. The molecule has 1 aliphatic heterocycles. The third-order valence-electron chi connectivity index (χ3n) is 4.06. The van der Waals surface area contributed by atoms with Gasteiger partial charge in [0.25, 0.3) is 0 Å². The van der Waals surface area contributed by atoms with Crippen molar-refractivity contribution in [2.45, 2.75) is 57.3 Å². The van der Waals surface area contributed by atoms with Gasteiger partial charge in [0.15, 0.2) is 0 Å². The maximum absolute atomic E-state index is 9.90. The van der Waals surface area contributed by atoms with Gasteiger partial charge in [0.05, 0.1) is 18.8 Å². The Labute approximate surface area is 115 Å². The molecule has 3 nitrogen and oxygen atoms in total. The van der Waals surface area contributed by atoms with Gasteiger partial charge in [0.1, 0.15) is 0 Å². The number of nitrogens with one attached hydrogen (secondary N) is 1. The monoisotopic (exact) mass is 273 g/mol. The number of aliphatic hydroxyl groups is 1. The Hall–Kier alpha value is 0.230. The molecule has 18 heavy (non-hydrogen) atoms. The lowest BCUT2D eigenvalue weighted by Crippen LogP contribution is -2.38. The quantitative estimate of drug-likeness (QED) is 0.777. The second-order valence-corrected chi connectivity index (χ2v) is 6.99. The third-order valence-corrected chi connectivity index (χ3v) is 5.22. The molecule has 0 spiro atoms. The Morgan fingerprint density at radius 1 is 1.28 bits per heavy atom. The van der Waals surface area contributed by atoms with E-state index in [0.717, 1.165) is 5.92 Å². The molecule has 0 aromatic rings. The highest BCUT2D eigenvalue weighted by Crippen LogP contribution is 2.25. The molecule has 1 saturated heterocycles. The molecule has 0 bridgehead atoms. The Morgan fingerprint density at radius 2 is 2.06 bits per heavy atom. The first-order valence-corrected chi connectivity index (χ1v) is 8.50. The first-order chi connectivity index (χ1) is 8.74. The van der Waals surface area contributed by atoms with E-state index >= 15 is 0 Å². The van der Waals surface area contributed by atoms with Crippen molar-refractivity contribution in [3.63, 3.8) is 0 Å². The maximum atomic E-state index is 9.90. The minimum absolute atomic E-state index is 0.352. The SMILES string of the molecule is CC1CCC(OCC(O)CNC2CCSC2)CC1. The largest absolute Gasteiger partial charge is 0.389 e. The van der Waals surface area contributed by atoms with Gasteiger partial charge < -0.3 is 15.2 Å². The molecule has 0 radical (unpaired) electrons. The molecule has 2 atom stereocenters. The molecule has 4 heteroatoms. The number of hydrogen-bond donors (Lipinski definition) is 2. The van der Waals surface area contributed by atoms with Gasteiger partial charge in [0, 0.05) is 18.3 Å². The first kappa shape index (κ1) is 14.6. The molecule has 2 N–H and O–H groups in total. The zero-order valence-corrected chi connectivity index (χ0v) is 12.3. The summed E-state index contributed by atoms with van der Waals surface area (Å²) in [5.41, 5.74) is 0. The molecular weight excluding hydrogens is 246 g/mol. The molecule has 1 saturated carbocycles. The molecule has 1 heterocycles. The molecule has 106 valence electrons. The second kappa shape index (κ2) is 7.73. The predicted molar refractivity (Wildman–Crippen MR) is 77.1 cm³/mol. The zero-order chi connectivity index (χ0) is 12.8. The van der Waals surface area contributed by atoms with Crippen molar-refractivity contribution in [3.8, 4) is 0 Å². The Kier molecular flexibility index (Phi) is 6.29. The average molecular weight is 273 g/mol. The standard InChI is InChI=1S/C14H27NO2S/c1-11-2-4-14(5-3-11)17-9-13(16)8-15-12-6-7-18-10-12/h11-16H,2-10H2,1H3. The molecular formula is C14H27NO2S. The van der Waals surface area contributed by atoms with E-state index in [0.29, 0.717) is 25.3 Å². The summed E-state index contributed by atoms with van der Waals surface area (Å²) >= 11 is 1.99. The summed E-state index contributed by atoms with van der Waals surface area (Å²) in [6.45, 7) is 3.48. The van der Waals surface area contributed by atoms with E-state index < -0.39 is 0 Å². The summed E-state index contributed by atoms with van der Waals surface area (Å²) in [7, 11) is 0. The van der Waals surface area contributed by atoms with E-state index in [-0.39, 0.29) is 6.10 Å². The van der Waals surface area contributed by atoms with Crippen molar-refractivity contribution in [2.24, 2.45) is 5.92 Å². The van der Waals surface area contributed by atoms with Crippen LogP contribution < -0.4 is 5.32 Å². The Morgan fingerprint density at radius 3 is 2.72 bits per heavy atom. The van der Waals surface area contributed by atoms with Gasteiger partial charge in [-0.15, -0.1) is 0 Å². The smallest absolute Gasteiger partial charge is 0.0897 e. The highest BCUT2D eigenvalue weighted by molar-refractivity contribution is 7.99. The van der Waals surface area contributed by atoms with Crippen LogP contribution in [0.3, 0.4) is 0 Å². The van der Waals surface area contributed by atoms with Crippen molar-refractivity contribution in [3.05, 3.63) is 0 Å². The normalized spacial score (nSPS) is 34.7. The van der Waals surface area contributed by atoms with Crippen LogP contribution in [0.4, 0.5) is 0 Å². The number of aliphatic hydroxyl groups excluding tert-OH is 1. The summed E-state index contributed by atoms with van der Waals surface area (Å²) in [5, 5.41) is 13.3. The van der Waals surface area contributed by atoms with Crippen LogP contribution in [0.15, 0.2) is 0 Å². The summed E-state index contributed by atoms with van der Waals surface area (Å²) in [5.74, 6) is 3.30. The van der Waals surface area contributed by atoms with Crippen LogP contribution in [0.5, 0.6) is 0 Å². The number of rotatable bonds is 6. The Balaban J connectivity index is 1.52. The third kappa shape index (κ3) is 5.08. The second-order valence-electron chi connectivity index (χ2n) is 5.84. The van der Waals surface area contributed by atoms with Gasteiger partial charge >= 0.3 is 0 Å². The van der Waals surface area contributed by atoms with E-state index in [1.54, 1.807) is 0 Å². The van der Waals surface area contributed by atoms with Gasteiger partial charge in [-0.25, -0.2) is 0 Å². The topological polar surface area (TPSA) is 41.5 Å². The lowest BCUT2D eigenvalue weighted by Gasteiger charge is -2.27. The lowest BCUT2D eigenvalue weighted by molar-refractivity contribution is -0.0282. The summed E-state index contributed by atoms with van der Waals surface area (Å²) in [6, 6.07) is 0.597. The lowest BCUT2D eigenvalue weighted by atomic mass is 9.89. The van der Waals surface area contributed by atoms with Crippen molar-refractivity contribution in [1.82, 2.24) is 5.32 Å². The first-order valence-electron chi connectivity index (χ1n) is 7.35. The van der Waals surface area contributed by atoms with Gasteiger partial charge in [-0.2, -0.15) is 11.8 Å². The molecule has 0 aromatic carbocycles.